The average molecular weight is 357 g/mol. The monoisotopic (exact) mass is 355 g/mol. The third-order valence-electron chi connectivity index (χ3n) is 0.711. The summed E-state index contributed by atoms with van der Waals surface area (Å²) < 4.78 is 0. The van der Waals surface area contributed by atoms with Gasteiger partial charge in [0.2, 0.25) is 0 Å². The summed E-state index contributed by atoms with van der Waals surface area (Å²) >= 11 is 0. The molecule has 8 nitrogen and oxygen atoms in total. The van der Waals surface area contributed by atoms with Crippen LogP contribution in [0.25, 0.3) is 0 Å². The summed E-state index contributed by atoms with van der Waals surface area (Å²) in [5, 5.41) is 37.7. The molecule has 18 heavy (non-hydrogen) atoms. The minimum absolute atomic E-state index is 0. The van der Waals surface area contributed by atoms with Gasteiger partial charge < -0.3 is 39.6 Å². The largest absolute Gasteiger partial charge is 2.00 e. The van der Waals surface area contributed by atoms with Crippen LogP contribution in [0.2, 0.25) is 0 Å². The van der Waals surface area contributed by atoms with E-state index in [0.29, 0.717) is 24.3 Å². The van der Waals surface area contributed by atoms with Crippen LogP contribution in [0.1, 0.15) is 0 Å². The van der Waals surface area contributed by atoms with Crippen molar-refractivity contribution in [2.45, 2.75) is 0 Å². The molecule has 0 aromatic rings. The number of aliphatic carboxylic acids is 4. The second-order valence-electron chi connectivity index (χ2n) is 1.94. The van der Waals surface area contributed by atoms with Crippen molar-refractivity contribution in [3.63, 3.8) is 0 Å². The Kier molecular flexibility index (Phi) is 21.9. The van der Waals surface area contributed by atoms with E-state index in [2.05, 4.69) is 0 Å². The Hall–Kier alpha value is -1.50. The molecule has 0 amide bonds. The normalized spacial score (nSPS) is 8.44. The number of carboxylic acid groups (broad SMARTS) is 4. The van der Waals surface area contributed by atoms with Crippen LogP contribution in [-0.2, 0) is 55.7 Å². The Morgan fingerprint density at radius 3 is 0.722 bits per heavy atom. The molecule has 0 aromatic heterocycles. The van der Waals surface area contributed by atoms with Crippen LogP contribution in [0.5, 0.6) is 0 Å². The van der Waals surface area contributed by atoms with Gasteiger partial charge in [0, 0.05) is 0 Å². The number of hydrogen-bond acceptors (Lipinski definition) is 8. The molecule has 1 radical (unpaired) electrons. The Labute approximate surface area is 124 Å². The first-order chi connectivity index (χ1) is 7.25. The molecule has 0 unspecified atom stereocenters. The number of hydrogen-bond donors (Lipinski definition) is 0. The van der Waals surface area contributed by atoms with Crippen LogP contribution < -0.4 is 20.4 Å². The molecule has 0 saturated heterocycles. The molecule has 0 aliphatic rings. The Morgan fingerprint density at radius 1 is 0.556 bits per heavy atom. The van der Waals surface area contributed by atoms with Crippen molar-refractivity contribution in [2.24, 2.45) is 0 Å². The zero-order valence-corrected chi connectivity index (χ0v) is 12.5. The van der Waals surface area contributed by atoms with E-state index in [9.17, 15) is 39.6 Å². The molecule has 0 rings (SSSR count). The van der Waals surface area contributed by atoms with E-state index in [0.717, 1.165) is 0 Å². The van der Waals surface area contributed by atoms with Gasteiger partial charge in [0.1, 0.15) is 0 Å². The van der Waals surface area contributed by atoms with Crippen LogP contribution in [0.3, 0.4) is 0 Å². The number of carbonyl (C=O) groups excluding carboxylic acids is 4. The maximum absolute atomic E-state index is 9.41. The van der Waals surface area contributed by atoms with Gasteiger partial charge >= 0.3 is 36.5 Å². The minimum atomic E-state index is -1.55. The van der Waals surface area contributed by atoms with Gasteiger partial charge in [-0.05, 0) is 24.3 Å². The summed E-state index contributed by atoms with van der Waals surface area (Å²) in [4.78, 5) is 37.7. The van der Waals surface area contributed by atoms with Crippen molar-refractivity contribution in [3.05, 3.63) is 24.3 Å². The van der Waals surface area contributed by atoms with Crippen LogP contribution >= 0.6 is 0 Å². The van der Waals surface area contributed by atoms with Crippen molar-refractivity contribution in [1.82, 2.24) is 0 Å². The molecule has 10 heteroatoms. The van der Waals surface area contributed by atoms with E-state index in [1.165, 1.54) is 0 Å². The Balaban J connectivity index is -0.0000000980. The summed E-state index contributed by atoms with van der Waals surface area (Å²) in [6, 6.07) is 0. The van der Waals surface area contributed by atoms with E-state index in [4.69, 9.17) is 0 Å². The zero-order valence-electron chi connectivity index (χ0n) is 8.58. The predicted octanol–water partition coefficient (Wildman–Crippen LogP) is -5.92. The molecular formula is C8H4CuO8Zn. The van der Waals surface area contributed by atoms with E-state index < -0.39 is 23.9 Å². The zero-order chi connectivity index (χ0) is 13.1. The van der Waals surface area contributed by atoms with Crippen LogP contribution in [0.4, 0.5) is 0 Å². The minimum Gasteiger partial charge on any atom is -0.545 e. The van der Waals surface area contributed by atoms with Crippen molar-refractivity contribution >= 4 is 23.9 Å². The van der Waals surface area contributed by atoms with Crippen LogP contribution in [-0.4, -0.2) is 23.9 Å². The molecule has 0 saturated carbocycles. The van der Waals surface area contributed by atoms with E-state index in [1.807, 2.05) is 0 Å². The summed E-state index contributed by atoms with van der Waals surface area (Å²) in [5.74, 6) is -6.19. The van der Waals surface area contributed by atoms with E-state index >= 15 is 0 Å². The summed E-state index contributed by atoms with van der Waals surface area (Å²) in [6.45, 7) is 0. The van der Waals surface area contributed by atoms with E-state index in [1.54, 1.807) is 0 Å². The second kappa shape index (κ2) is 15.5. The topological polar surface area (TPSA) is 161 Å². The van der Waals surface area contributed by atoms with Gasteiger partial charge in [-0.15, -0.1) is 0 Å². The summed E-state index contributed by atoms with van der Waals surface area (Å²) in [7, 11) is 0. The van der Waals surface area contributed by atoms with Gasteiger partial charge in [0.15, 0.2) is 0 Å². The first-order valence-electron chi connectivity index (χ1n) is 3.45. The summed E-state index contributed by atoms with van der Waals surface area (Å²) in [5.41, 5.74) is 0. The van der Waals surface area contributed by atoms with Crippen LogP contribution in [0.15, 0.2) is 24.3 Å². The third kappa shape index (κ3) is 36.6. The van der Waals surface area contributed by atoms with Gasteiger partial charge in [-0.1, -0.05) is 0 Å². The first-order valence-corrected chi connectivity index (χ1v) is 3.45. The molecule has 97 valence electrons. The van der Waals surface area contributed by atoms with Crippen molar-refractivity contribution in [1.29, 1.82) is 0 Å². The molecule has 0 aromatic carbocycles. The molecule has 0 atom stereocenters. The summed E-state index contributed by atoms with van der Waals surface area (Å²) in [6.07, 6.45) is 1.54. The van der Waals surface area contributed by atoms with E-state index in [-0.39, 0.29) is 36.5 Å². The fraction of sp³-hybridized carbons (Fsp3) is 0. The van der Waals surface area contributed by atoms with Gasteiger partial charge in [0.25, 0.3) is 0 Å². The standard InChI is InChI=1S/2C4H4O4.Cu.Zn/c2*5-3(6)1-2-4(7)8;;/h2*1-2H,(H,5,6)(H,7,8);;/q;;2*+2/p-4. The number of rotatable bonds is 4. The second-order valence-corrected chi connectivity index (χ2v) is 1.94. The Bertz CT molecular complexity index is 283. The Morgan fingerprint density at radius 2 is 0.667 bits per heavy atom. The smallest absolute Gasteiger partial charge is 0.545 e. The molecule has 0 fully saturated rings. The molecule has 0 N–H and O–H groups in total. The average Bonchev–Trinajstić information content (AvgIpc) is 2.12. The number of carboxylic acids is 4. The molecule has 0 spiro atoms. The van der Waals surface area contributed by atoms with Crippen molar-refractivity contribution < 1.29 is 76.2 Å². The first kappa shape index (κ1) is 25.4. The van der Waals surface area contributed by atoms with Crippen molar-refractivity contribution in [3.8, 4) is 0 Å². The molecule has 0 aliphatic carbocycles. The van der Waals surface area contributed by atoms with Gasteiger partial charge in [0.05, 0.1) is 23.9 Å². The van der Waals surface area contributed by atoms with Gasteiger partial charge in [-0.25, -0.2) is 0 Å². The molecular weight excluding hydrogens is 353 g/mol. The number of carbonyl (C=O) groups is 4. The fourth-order valence-corrected chi connectivity index (χ4v) is 0.272. The maximum Gasteiger partial charge on any atom is 2.00 e. The van der Waals surface area contributed by atoms with Crippen LogP contribution in [0, 0.1) is 0 Å². The quantitative estimate of drug-likeness (QED) is 0.355. The third-order valence-corrected chi connectivity index (χ3v) is 0.711. The molecule has 0 bridgehead atoms. The molecule has 0 heterocycles. The maximum atomic E-state index is 9.41. The van der Waals surface area contributed by atoms with Gasteiger partial charge in [-0.3, -0.25) is 0 Å². The SMILES string of the molecule is O=C([O-])C=CC(=O)[O-].O=C([O-])C=CC(=O)[O-].[Cu+2].[Zn+2]. The fourth-order valence-electron chi connectivity index (χ4n) is 0.272. The van der Waals surface area contributed by atoms with Gasteiger partial charge in [-0.2, -0.15) is 0 Å². The predicted molar refractivity (Wildman–Crippen MR) is 38.3 cm³/mol. The molecule has 0 aliphatic heterocycles. The van der Waals surface area contributed by atoms with Crippen molar-refractivity contribution in [2.75, 3.05) is 0 Å².